The number of carbonyl (C=O) groups excluding carboxylic acids is 1. The third-order valence-corrected chi connectivity index (χ3v) is 6.44. The minimum absolute atomic E-state index is 0.00661. The maximum Gasteiger partial charge on any atom is 0.216 e. The minimum Gasteiger partial charge on any atom is -0.491 e. The number of hydrogen-bond donors (Lipinski definition) is 0. The molecule has 0 aromatic heterocycles. The van der Waals surface area contributed by atoms with Crippen molar-refractivity contribution < 1.29 is 17.9 Å². The van der Waals surface area contributed by atoms with E-state index in [9.17, 15) is 13.2 Å². The molecule has 0 unspecified atom stereocenters. The van der Waals surface area contributed by atoms with Crippen LogP contribution in [0.1, 0.15) is 50.9 Å². The summed E-state index contributed by atoms with van der Waals surface area (Å²) in [6.07, 6.45) is 1.47. The van der Waals surface area contributed by atoms with E-state index in [-0.39, 0.29) is 24.3 Å². The van der Waals surface area contributed by atoms with E-state index in [2.05, 4.69) is 0 Å². The molecule has 0 aliphatic carbocycles. The number of ketones is 1. The van der Waals surface area contributed by atoms with Gasteiger partial charge in [0.1, 0.15) is 5.75 Å². The van der Waals surface area contributed by atoms with E-state index in [1.165, 1.54) is 4.31 Å². The molecule has 1 fully saturated rings. The zero-order valence-corrected chi connectivity index (χ0v) is 15.7. The van der Waals surface area contributed by atoms with Crippen molar-refractivity contribution in [3.8, 4) is 5.75 Å². The first-order valence-corrected chi connectivity index (χ1v) is 10.0. The number of rotatable bonds is 6. The molecule has 1 aliphatic rings. The second-order valence-electron chi connectivity index (χ2n) is 6.85. The van der Waals surface area contributed by atoms with Gasteiger partial charge < -0.3 is 4.74 Å². The fourth-order valence-corrected chi connectivity index (χ4v) is 4.28. The van der Waals surface area contributed by atoms with Gasteiger partial charge in [0.15, 0.2) is 5.78 Å². The van der Waals surface area contributed by atoms with Crippen molar-refractivity contribution in [2.75, 3.05) is 13.1 Å². The SMILES string of the molecule is CC(C)Oc1cccc(C(=O)[C@@H]2CCCN(S(=O)(=O)C(C)C)C2)c1. The van der Waals surface area contributed by atoms with E-state index >= 15 is 0 Å². The smallest absolute Gasteiger partial charge is 0.216 e. The summed E-state index contributed by atoms with van der Waals surface area (Å²) in [5.74, 6) is 0.368. The lowest BCUT2D eigenvalue weighted by Gasteiger charge is -2.32. The number of ether oxygens (including phenoxy) is 1. The molecular formula is C18H27NO4S. The second kappa shape index (κ2) is 7.66. The first kappa shape index (κ1) is 18.9. The summed E-state index contributed by atoms with van der Waals surface area (Å²) in [7, 11) is -3.32. The summed E-state index contributed by atoms with van der Waals surface area (Å²) >= 11 is 0. The molecule has 5 nitrogen and oxygen atoms in total. The van der Waals surface area contributed by atoms with Crippen molar-refractivity contribution >= 4 is 15.8 Å². The Bertz CT molecular complexity index is 682. The van der Waals surface area contributed by atoms with E-state index in [1.54, 1.807) is 32.0 Å². The molecule has 6 heteroatoms. The van der Waals surface area contributed by atoms with E-state index < -0.39 is 15.3 Å². The highest BCUT2D eigenvalue weighted by Crippen LogP contribution is 2.26. The van der Waals surface area contributed by atoms with Gasteiger partial charge in [-0.15, -0.1) is 0 Å². The van der Waals surface area contributed by atoms with E-state index in [4.69, 9.17) is 4.74 Å². The zero-order valence-electron chi connectivity index (χ0n) is 14.9. The van der Waals surface area contributed by atoms with Crippen molar-refractivity contribution in [3.05, 3.63) is 29.8 Å². The van der Waals surface area contributed by atoms with Crippen LogP contribution in [0.2, 0.25) is 0 Å². The Labute approximate surface area is 145 Å². The van der Waals surface area contributed by atoms with Crippen LogP contribution in [0.15, 0.2) is 24.3 Å². The third kappa shape index (κ3) is 4.36. The molecule has 0 spiro atoms. The first-order chi connectivity index (χ1) is 11.2. The Morgan fingerprint density at radius 2 is 1.96 bits per heavy atom. The molecule has 1 heterocycles. The fraction of sp³-hybridized carbons (Fsp3) is 0.611. The van der Waals surface area contributed by atoms with Crippen molar-refractivity contribution in [1.82, 2.24) is 4.31 Å². The second-order valence-corrected chi connectivity index (χ2v) is 9.34. The van der Waals surface area contributed by atoms with Crippen molar-refractivity contribution in [2.24, 2.45) is 5.92 Å². The summed E-state index contributed by atoms with van der Waals surface area (Å²) in [5.41, 5.74) is 0.585. The van der Waals surface area contributed by atoms with E-state index in [0.29, 0.717) is 24.3 Å². The molecule has 1 aliphatic heterocycles. The molecule has 2 rings (SSSR count). The summed E-state index contributed by atoms with van der Waals surface area (Å²) in [6, 6.07) is 7.15. The molecule has 0 N–H and O–H groups in total. The zero-order chi connectivity index (χ0) is 17.9. The molecule has 0 radical (unpaired) electrons. The van der Waals surface area contributed by atoms with Crippen LogP contribution in [-0.4, -0.2) is 42.9 Å². The topological polar surface area (TPSA) is 63.7 Å². The van der Waals surface area contributed by atoms with Crippen LogP contribution in [-0.2, 0) is 10.0 Å². The van der Waals surface area contributed by atoms with Crippen LogP contribution >= 0.6 is 0 Å². The lowest BCUT2D eigenvalue weighted by atomic mass is 9.91. The van der Waals surface area contributed by atoms with E-state index in [1.807, 2.05) is 19.9 Å². The maximum absolute atomic E-state index is 12.8. The lowest BCUT2D eigenvalue weighted by Crippen LogP contribution is -2.45. The Kier molecular flexibility index (Phi) is 6.04. The van der Waals surface area contributed by atoms with Crippen molar-refractivity contribution in [2.45, 2.75) is 51.9 Å². The Morgan fingerprint density at radius 1 is 1.25 bits per heavy atom. The number of nitrogens with zero attached hydrogens (tertiary/aromatic N) is 1. The molecule has 1 saturated heterocycles. The molecule has 24 heavy (non-hydrogen) atoms. The van der Waals surface area contributed by atoms with E-state index in [0.717, 1.165) is 6.42 Å². The fourth-order valence-electron chi connectivity index (χ4n) is 2.92. The van der Waals surface area contributed by atoms with Gasteiger partial charge in [0.25, 0.3) is 0 Å². The largest absolute Gasteiger partial charge is 0.491 e. The molecular weight excluding hydrogens is 326 g/mol. The number of Topliss-reactive ketones (excluding diaryl/α,β-unsaturated/α-hetero) is 1. The predicted octanol–water partition coefficient (Wildman–Crippen LogP) is 3.11. The molecule has 0 bridgehead atoms. The number of benzene rings is 1. The van der Waals surface area contributed by atoms with Gasteiger partial charge in [-0.1, -0.05) is 12.1 Å². The quantitative estimate of drug-likeness (QED) is 0.737. The van der Waals surface area contributed by atoms with Gasteiger partial charge in [0.2, 0.25) is 10.0 Å². The van der Waals surface area contributed by atoms with Gasteiger partial charge in [0.05, 0.1) is 11.4 Å². The summed E-state index contributed by atoms with van der Waals surface area (Å²) in [4.78, 5) is 12.8. The highest BCUT2D eigenvalue weighted by Gasteiger charge is 2.34. The van der Waals surface area contributed by atoms with Crippen LogP contribution in [0.4, 0.5) is 0 Å². The van der Waals surface area contributed by atoms with Gasteiger partial charge in [0, 0.05) is 24.6 Å². The van der Waals surface area contributed by atoms with Gasteiger partial charge in [-0.25, -0.2) is 12.7 Å². The monoisotopic (exact) mass is 353 g/mol. The number of piperidine rings is 1. The Hall–Kier alpha value is -1.40. The number of sulfonamides is 1. The lowest BCUT2D eigenvalue weighted by molar-refractivity contribution is 0.0871. The highest BCUT2D eigenvalue weighted by atomic mass is 32.2. The minimum atomic E-state index is -3.32. The average molecular weight is 353 g/mol. The normalized spacial score (nSPS) is 19.7. The van der Waals surface area contributed by atoms with Gasteiger partial charge in [-0.3, -0.25) is 4.79 Å². The molecule has 134 valence electrons. The van der Waals surface area contributed by atoms with Crippen LogP contribution in [0.25, 0.3) is 0 Å². The van der Waals surface area contributed by atoms with Crippen molar-refractivity contribution in [1.29, 1.82) is 0 Å². The summed E-state index contributed by atoms with van der Waals surface area (Å²) < 4.78 is 31.8. The van der Waals surface area contributed by atoms with Crippen LogP contribution in [0, 0.1) is 5.92 Å². The predicted molar refractivity (Wildman–Crippen MR) is 94.9 cm³/mol. The molecule has 0 amide bonds. The molecule has 1 atom stereocenters. The van der Waals surface area contributed by atoms with Crippen molar-refractivity contribution in [3.63, 3.8) is 0 Å². The van der Waals surface area contributed by atoms with Crippen LogP contribution in [0.5, 0.6) is 5.75 Å². The first-order valence-electron chi connectivity index (χ1n) is 8.51. The van der Waals surface area contributed by atoms with Gasteiger partial charge >= 0.3 is 0 Å². The molecule has 1 aromatic rings. The summed E-state index contributed by atoms with van der Waals surface area (Å²) in [6.45, 7) is 7.99. The standard InChI is InChI=1S/C18H27NO4S/c1-13(2)23-17-9-5-7-15(11-17)18(20)16-8-6-10-19(12-16)24(21,22)14(3)4/h5,7,9,11,13-14,16H,6,8,10,12H2,1-4H3/t16-/m1/s1. The number of carbonyl (C=O) groups is 1. The average Bonchev–Trinajstić information content (AvgIpc) is 2.53. The van der Waals surface area contributed by atoms with Crippen LogP contribution < -0.4 is 4.74 Å². The highest BCUT2D eigenvalue weighted by molar-refractivity contribution is 7.89. The maximum atomic E-state index is 12.8. The summed E-state index contributed by atoms with van der Waals surface area (Å²) in [5, 5.41) is -0.464. The number of hydrogen-bond acceptors (Lipinski definition) is 4. The molecule has 1 aromatic carbocycles. The Balaban J connectivity index is 2.15. The molecule has 0 saturated carbocycles. The van der Waals surface area contributed by atoms with Gasteiger partial charge in [-0.05, 0) is 52.7 Å². The Morgan fingerprint density at radius 3 is 2.58 bits per heavy atom. The van der Waals surface area contributed by atoms with Gasteiger partial charge in [-0.2, -0.15) is 0 Å². The van der Waals surface area contributed by atoms with Crippen LogP contribution in [0.3, 0.4) is 0 Å². The third-order valence-electron chi connectivity index (χ3n) is 4.20.